The van der Waals surface area contributed by atoms with Crippen LogP contribution in [0.15, 0.2) is 41.1 Å². The van der Waals surface area contributed by atoms with Gasteiger partial charge in [-0.3, -0.25) is 0 Å². The molecule has 0 saturated heterocycles. The normalized spacial score (nSPS) is 10.9. The van der Waals surface area contributed by atoms with Gasteiger partial charge >= 0.3 is 0 Å². The molecule has 68 valence electrons. The Bertz CT molecular complexity index is 523. The van der Waals surface area contributed by atoms with Crippen molar-refractivity contribution in [2.45, 2.75) is 0 Å². The molecule has 3 rings (SSSR count). The number of rotatable bonds is 1. The Morgan fingerprint density at radius 2 is 2.14 bits per heavy atom. The van der Waals surface area contributed by atoms with Gasteiger partial charge < -0.3 is 4.52 Å². The fraction of sp³-hybridized carbons (Fsp3) is 0. The second-order valence-electron chi connectivity index (χ2n) is 2.94. The minimum Gasteiger partial charge on any atom is -0.345 e. The first-order valence-electron chi connectivity index (χ1n) is 4.19. The highest BCUT2D eigenvalue weighted by Gasteiger charge is 2.06. The molecular formula is C10H6N2OS. The lowest BCUT2D eigenvalue weighted by molar-refractivity contribution is 0.393. The van der Waals surface area contributed by atoms with Crippen LogP contribution in [0.5, 0.6) is 0 Å². The summed E-state index contributed by atoms with van der Waals surface area (Å²) in [5.74, 6) is 0. The summed E-state index contributed by atoms with van der Waals surface area (Å²) in [6.45, 7) is 0. The summed E-state index contributed by atoms with van der Waals surface area (Å²) in [6.07, 6.45) is 1.56. The van der Waals surface area contributed by atoms with Gasteiger partial charge in [-0.15, -0.1) is 16.4 Å². The minimum atomic E-state index is 0.797. The molecular weight excluding hydrogens is 196 g/mol. The first-order chi connectivity index (χ1) is 6.93. The van der Waals surface area contributed by atoms with E-state index in [9.17, 15) is 0 Å². The number of thiophene rings is 1. The third kappa shape index (κ3) is 1.12. The highest BCUT2D eigenvalue weighted by atomic mass is 32.1. The summed E-state index contributed by atoms with van der Waals surface area (Å²) in [5, 5.41) is 8.56. The lowest BCUT2D eigenvalue weighted by atomic mass is 10.2. The molecule has 2 heterocycles. The lowest BCUT2D eigenvalue weighted by Gasteiger charge is -1.82. The fourth-order valence-corrected chi connectivity index (χ4v) is 2.39. The zero-order valence-corrected chi connectivity index (χ0v) is 7.99. The van der Waals surface area contributed by atoms with Gasteiger partial charge in [0.15, 0.2) is 6.26 Å². The van der Waals surface area contributed by atoms with Gasteiger partial charge in [0.05, 0.1) is 4.88 Å². The van der Waals surface area contributed by atoms with Crippen LogP contribution < -0.4 is 0 Å². The summed E-state index contributed by atoms with van der Waals surface area (Å²) < 4.78 is 5.97. The zero-order chi connectivity index (χ0) is 9.38. The van der Waals surface area contributed by atoms with Crippen LogP contribution in [0.4, 0.5) is 0 Å². The van der Waals surface area contributed by atoms with Crippen molar-refractivity contribution in [1.82, 2.24) is 10.4 Å². The molecule has 0 bridgehead atoms. The van der Waals surface area contributed by atoms with Crippen LogP contribution in [0.3, 0.4) is 0 Å². The van der Waals surface area contributed by atoms with Crippen molar-refractivity contribution in [2.24, 2.45) is 0 Å². The highest BCUT2D eigenvalue weighted by molar-refractivity contribution is 7.22. The summed E-state index contributed by atoms with van der Waals surface area (Å²) >= 11 is 1.69. The van der Waals surface area contributed by atoms with E-state index in [2.05, 4.69) is 28.6 Å². The van der Waals surface area contributed by atoms with E-state index in [0.717, 1.165) is 10.6 Å². The molecule has 0 saturated carbocycles. The van der Waals surface area contributed by atoms with Crippen molar-refractivity contribution in [3.05, 3.63) is 36.6 Å². The molecule has 3 nitrogen and oxygen atoms in total. The maximum Gasteiger partial charge on any atom is 0.153 e. The van der Waals surface area contributed by atoms with E-state index in [0.29, 0.717) is 0 Å². The average Bonchev–Trinajstić information content (AvgIpc) is 2.86. The van der Waals surface area contributed by atoms with Crippen LogP contribution in [-0.2, 0) is 0 Å². The maximum absolute atomic E-state index is 4.71. The molecule has 0 fully saturated rings. The SMILES string of the molecule is c1ccc2sc(-c3conn3)cc2c1. The lowest BCUT2D eigenvalue weighted by Crippen LogP contribution is -1.69. The Labute approximate surface area is 84.0 Å². The molecule has 14 heavy (non-hydrogen) atoms. The van der Waals surface area contributed by atoms with E-state index in [-0.39, 0.29) is 0 Å². The third-order valence-electron chi connectivity index (χ3n) is 2.04. The van der Waals surface area contributed by atoms with Crippen LogP contribution in [0.1, 0.15) is 0 Å². The predicted octanol–water partition coefficient (Wildman–Crippen LogP) is 2.95. The van der Waals surface area contributed by atoms with E-state index < -0.39 is 0 Å². The average molecular weight is 202 g/mol. The van der Waals surface area contributed by atoms with E-state index in [1.54, 1.807) is 17.6 Å². The van der Waals surface area contributed by atoms with Crippen LogP contribution in [0.2, 0.25) is 0 Å². The Hall–Kier alpha value is -1.68. The van der Waals surface area contributed by atoms with Crippen molar-refractivity contribution in [3.8, 4) is 10.6 Å². The summed E-state index contributed by atoms with van der Waals surface area (Å²) in [5.41, 5.74) is 0.797. The van der Waals surface area contributed by atoms with Crippen molar-refractivity contribution < 1.29 is 4.52 Å². The maximum atomic E-state index is 4.71. The fourth-order valence-electron chi connectivity index (χ4n) is 1.38. The van der Waals surface area contributed by atoms with Gasteiger partial charge in [-0.2, -0.15) is 0 Å². The number of nitrogens with zero attached hydrogens (tertiary/aromatic N) is 2. The van der Waals surface area contributed by atoms with Gasteiger partial charge in [0.1, 0.15) is 5.69 Å². The van der Waals surface area contributed by atoms with Gasteiger partial charge in [0.2, 0.25) is 0 Å². The van der Waals surface area contributed by atoms with Crippen molar-refractivity contribution in [2.75, 3.05) is 0 Å². The second kappa shape index (κ2) is 2.92. The minimum absolute atomic E-state index is 0.797. The standard InChI is InChI=1S/C10H6N2OS/c1-2-4-9-7(3-1)5-10(14-9)8-6-13-12-11-8/h1-6H. The Morgan fingerprint density at radius 1 is 1.21 bits per heavy atom. The topological polar surface area (TPSA) is 38.9 Å². The highest BCUT2D eigenvalue weighted by Crippen LogP contribution is 2.31. The van der Waals surface area contributed by atoms with Crippen molar-refractivity contribution in [3.63, 3.8) is 0 Å². The molecule has 0 aliphatic rings. The number of aromatic nitrogens is 2. The monoisotopic (exact) mass is 202 g/mol. The molecule has 0 aliphatic heterocycles. The summed E-state index contributed by atoms with van der Waals surface area (Å²) in [6, 6.07) is 10.3. The second-order valence-corrected chi connectivity index (χ2v) is 4.02. The molecule has 0 aliphatic carbocycles. The van der Waals surface area contributed by atoms with Gasteiger partial charge in [0.25, 0.3) is 0 Å². The first kappa shape index (κ1) is 7.70. The number of hydrogen-bond acceptors (Lipinski definition) is 4. The van der Waals surface area contributed by atoms with Crippen LogP contribution >= 0.6 is 11.3 Å². The van der Waals surface area contributed by atoms with E-state index in [1.807, 2.05) is 12.1 Å². The largest absolute Gasteiger partial charge is 0.345 e. The zero-order valence-electron chi connectivity index (χ0n) is 7.18. The molecule has 0 atom stereocenters. The van der Waals surface area contributed by atoms with Gasteiger partial charge in [-0.1, -0.05) is 18.2 Å². The van der Waals surface area contributed by atoms with Gasteiger partial charge in [-0.05, 0) is 17.5 Å². The number of hydrogen-bond donors (Lipinski definition) is 0. The summed E-state index contributed by atoms with van der Waals surface area (Å²) in [7, 11) is 0. The van der Waals surface area contributed by atoms with Gasteiger partial charge in [0, 0.05) is 9.97 Å². The Kier molecular flexibility index (Phi) is 1.61. The quantitative estimate of drug-likeness (QED) is 0.609. The molecule has 1 aromatic carbocycles. The van der Waals surface area contributed by atoms with Crippen LogP contribution in [0.25, 0.3) is 20.7 Å². The Balaban J connectivity index is 2.24. The van der Waals surface area contributed by atoms with Gasteiger partial charge in [-0.25, -0.2) is 0 Å². The van der Waals surface area contributed by atoms with E-state index >= 15 is 0 Å². The molecule has 2 aromatic heterocycles. The molecule has 0 unspecified atom stereocenters. The molecule has 0 N–H and O–H groups in total. The van der Waals surface area contributed by atoms with Crippen LogP contribution in [0, 0.1) is 0 Å². The van der Waals surface area contributed by atoms with Crippen LogP contribution in [-0.4, -0.2) is 10.4 Å². The number of benzene rings is 1. The third-order valence-corrected chi connectivity index (χ3v) is 3.18. The predicted molar refractivity (Wildman–Crippen MR) is 55.1 cm³/mol. The number of fused-ring (bicyclic) bond motifs is 1. The first-order valence-corrected chi connectivity index (χ1v) is 5.01. The molecule has 3 aromatic rings. The molecule has 0 amide bonds. The molecule has 0 spiro atoms. The summed E-state index contributed by atoms with van der Waals surface area (Å²) in [4.78, 5) is 1.09. The van der Waals surface area contributed by atoms with E-state index in [4.69, 9.17) is 4.52 Å². The van der Waals surface area contributed by atoms with E-state index in [1.165, 1.54) is 10.1 Å². The molecule has 0 radical (unpaired) electrons. The van der Waals surface area contributed by atoms with Crippen molar-refractivity contribution >= 4 is 21.4 Å². The molecule has 4 heteroatoms. The smallest absolute Gasteiger partial charge is 0.153 e. The van der Waals surface area contributed by atoms with Crippen molar-refractivity contribution in [1.29, 1.82) is 0 Å². The Morgan fingerprint density at radius 3 is 2.93 bits per heavy atom.